The van der Waals surface area contributed by atoms with Gasteiger partial charge in [0.25, 0.3) is 0 Å². The Bertz CT molecular complexity index is 1230. The molecular formula is C19H16F3N5O. The van der Waals surface area contributed by atoms with Crippen LogP contribution in [0.5, 0.6) is 0 Å². The van der Waals surface area contributed by atoms with Crippen molar-refractivity contribution >= 4 is 27.8 Å². The topological polar surface area (TPSA) is 75.6 Å². The number of alkyl halides is 3. The van der Waals surface area contributed by atoms with Crippen LogP contribution < -0.4 is 11.0 Å². The van der Waals surface area contributed by atoms with Gasteiger partial charge in [-0.15, -0.1) is 0 Å². The van der Waals surface area contributed by atoms with Crippen molar-refractivity contribution in [2.24, 2.45) is 0 Å². The fraction of sp³-hybridized carbons (Fsp3) is 0.211. The largest absolute Gasteiger partial charge is 0.416 e. The average Bonchev–Trinajstić information content (AvgIpc) is 2.98. The molecule has 0 unspecified atom stereocenters. The molecule has 0 aliphatic carbocycles. The molecule has 0 radical (unpaired) electrons. The van der Waals surface area contributed by atoms with Crippen LogP contribution in [0.2, 0.25) is 0 Å². The van der Waals surface area contributed by atoms with Gasteiger partial charge in [0, 0.05) is 18.5 Å². The molecular weight excluding hydrogens is 371 g/mol. The molecule has 2 heterocycles. The van der Waals surface area contributed by atoms with Crippen LogP contribution in [-0.4, -0.2) is 19.5 Å². The molecule has 2 N–H and O–H groups in total. The summed E-state index contributed by atoms with van der Waals surface area (Å²) in [4.78, 5) is 23.3. The van der Waals surface area contributed by atoms with Crippen molar-refractivity contribution in [3.8, 4) is 0 Å². The highest BCUT2D eigenvalue weighted by atomic mass is 19.4. The summed E-state index contributed by atoms with van der Waals surface area (Å²) >= 11 is 0. The highest BCUT2D eigenvalue weighted by Gasteiger charge is 2.30. The quantitative estimate of drug-likeness (QED) is 0.557. The predicted molar refractivity (Wildman–Crippen MR) is 100 cm³/mol. The fourth-order valence-corrected chi connectivity index (χ4v) is 3.21. The normalized spacial score (nSPS) is 12.0. The van der Waals surface area contributed by atoms with Gasteiger partial charge in [-0.3, -0.25) is 4.57 Å². The third-order valence-corrected chi connectivity index (χ3v) is 4.56. The van der Waals surface area contributed by atoms with E-state index in [-0.39, 0.29) is 12.2 Å². The Morgan fingerprint density at radius 1 is 1.18 bits per heavy atom. The minimum Gasteiger partial charge on any atom is -0.365 e. The van der Waals surface area contributed by atoms with E-state index in [4.69, 9.17) is 0 Å². The van der Waals surface area contributed by atoms with E-state index in [1.54, 1.807) is 22.8 Å². The zero-order valence-electron chi connectivity index (χ0n) is 14.8. The molecule has 0 saturated heterocycles. The molecule has 4 rings (SSSR count). The molecule has 0 fully saturated rings. The number of anilines is 1. The first kappa shape index (κ1) is 18.0. The molecule has 0 aliphatic rings. The number of hydrogen-bond acceptors (Lipinski definition) is 4. The van der Waals surface area contributed by atoms with Crippen LogP contribution >= 0.6 is 0 Å². The standard InChI is InChI=1S/C19H16F3N5O/c1-2-27-16-8-14-13(7-15(16)26-18(27)28)17(25-10-24-14)23-9-11-4-3-5-12(6-11)19(20,21)22/h3-8,10H,2,9H2,1H3,(H,26,28)(H,23,24,25). The number of halogens is 3. The van der Waals surface area contributed by atoms with Crippen molar-refractivity contribution in [3.63, 3.8) is 0 Å². The first-order chi connectivity index (χ1) is 13.4. The Morgan fingerprint density at radius 2 is 2.00 bits per heavy atom. The second kappa shape index (κ2) is 6.66. The molecule has 9 heteroatoms. The summed E-state index contributed by atoms with van der Waals surface area (Å²) in [6.07, 6.45) is -3.01. The third kappa shape index (κ3) is 3.19. The van der Waals surface area contributed by atoms with E-state index >= 15 is 0 Å². The van der Waals surface area contributed by atoms with Gasteiger partial charge in [0.1, 0.15) is 12.1 Å². The van der Waals surface area contributed by atoms with Crippen LogP contribution in [0.4, 0.5) is 19.0 Å². The van der Waals surface area contributed by atoms with Crippen molar-refractivity contribution in [1.29, 1.82) is 0 Å². The maximum atomic E-state index is 12.9. The van der Waals surface area contributed by atoms with Gasteiger partial charge in [-0.05, 0) is 36.8 Å². The fourth-order valence-electron chi connectivity index (χ4n) is 3.21. The lowest BCUT2D eigenvalue weighted by atomic mass is 10.1. The Labute approximate surface area is 157 Å². The summed E-state index contributed by atoms with van der Waals surface area (Å²) in [7, 11) is 0. The number of H-pyrrole nitrogens is 1. The van der Waals surface area contributed by atoms with Crippen molar-refractivity contribution in [2.75, 3.05) is 5.32 Å². The van der Waals surface area contributed by atoms with Crippen LogP contribution in [0.1, 0.15) is 18.1 Å². The summed E-state index contributed by atoms with van der Waals surface area (Å²) in [6, 6.07) is 8.70. The summed E-state index contributed by atoms with van der Waals surface area (Å²) in [5.41, 5.74) is 1.60. The van der Waals surface area contributed by atoms with Crippen molar-refractivity contribution in [1.82, 2.24) is 19.5 Å². The van der Waals surface area contributed by atoms with Crippen LogP contribution in [0.15, 0.2) is 47.5 Å². The minimum absolute atomic E-state index is 0.167. The monoisotopic (exact) mass is 387 g/mol. The maximum Gasteiger partial charge on any atom is 0.416 e. The lowest BCUT2D eigenvalue weighted by Gasteiger charge is -2.11. The molecule has 6 nitrogen and oxygen atoms in total. The second-order valence-corrected chi connectivity index (χ2v) is 6.33. The SMILES string of the molecule is CCn1c(=O)[nH]c2cc3c(NCc4cccc(C(F)(F)F)c4)ncnc3cc21. The van der Waals surface area contributed by atoms with E-state index in [0.29, 0.717) is 34.3 Å². The zero-order chi connectivity index (χ0) is 19.9. The minimum atomic E-state index is -4.39. The van der Waals surface area contributed by atoms with E-state index in [1.807, 2.05) is 6.92 Å². The molecule has 0 aliphatic heterocycles. The smallest absolute Gasteiger partial charge is 0.365 e. The number of benzene rings is 2. The van der Waals surface area contributed by atoms with Crippen LogP contribution in [0, 0.1) is 0 Å². The van der Waals surface area contributed by atoms with E-state index in [9.17, 15) is 18.0 Å². The predicted octanol–water partition coefficient (Wildman–Crippen LogP) is 3.92. The van der Waals surface area contributed by atoms with E-state index in [2.05, 4.69) is 20.3 Å². The molecule has 2 aromatic heterocycles. The number of nitrogens with zero attached hydrogens (tertiary/aromatic N) is 3. The molecule has 2 aromatic carbocycles. The van der Waals surface area contributed by atoms with Gasteiger partial charge >= 0.3 is 11.9 Å². The Kier molecular flexibility index (Phi) is 4.29. The van der Waals surface area contributed by atoms with Gasteiger partial charge in [-0.2, -0.15) is 13.2 Å². The highest BCUT2D eigenvalue weighted by Crippen LogP contribution is 2.30. The third-order valence-electron chi connectivity index (χ3n) is 4.56. The van der Waals surface area contributed by atoms with Gasteiger partial charge < -0.3 is 10.3 Å². The van der Waals surface area contributed by atoms with E-state index < -0.39 is 11.7 Å². The molecule has 0 amide bonds. The van der Waals surface area contributed by atoms with E-state index in [0.717, 1.165) is 17.6 Å². The maximum absolute atomic E-state index is 12.9. The van der Waals surface area contributed by atoms with Gasteiger partial charge in [-0.25, -0.2) is 14.8 Å². The summed E-state index contributed by atoms with van der Waals surface area (Å²) in [5.74, 6) is 0.481. The highest BCUT2D eigenvalue weighted by molar-refractivity contribution is 5.98. The Hall–Kier alpha value is -3.36. The number of rotatable bonds is 4. The number of aryl methyl sites for hydroxylation is 1. The number of fused-ring (bicyclic) bond motifs is 2. The Balaban J connectivity index is 1.70. The van der Waals surface area contributed by atoms with Crippen LogP contribution in [0.25, 0.3) is 21.9 Å². The second-order valence-electron chi connectivity index (χ2n) is 6.33. The summed E-state index contributed by atoms with van der Waals surface area (Å²) in [6.45, 7) is 2.57. The van der Waals surface area contributed by atoms with Crippen molar-refractivity contribution in [2.45, 2.75) is 26.2 Å². The van der Waals surface area contributed by atoms with Crippen molar-refractivity contribution < 1.29 is 13.2 Å². The number of aromatic nitrogens is 4. The first-order valence-electron chi connectivity index (χ1n) is 8.64. The first-order valence-corrected chi connectivity index (χ1v) is 8.64. The number of nitrogens with one attached hydrogen (secondary N) is 2. The summed E-state index contributed by atoms with van der Waals surface area (Å²) in [5, 5.41) is 3.74. The molecule has 0 bridgehead atoms. The lowest BCUT2D eigenvalue weighted by Crippen LogP contribution is -2.14. The van der Waals surface area contributed by atoms with Gasteiger partial charge in [0.15, 0.2) is 0 Å². The molecule has 144 valence electrons. The molecule has 0 saturated carbocycles. The molecule has 28 heavy (non-hydrogen) atoms. The van der Waals surface area contributed by atoms with Crippen LogP contribution in [-0.2, 0) is 19.3 Å². The molecule has 0 spiro atoms. The zero-order valence-corrected chi connectivity index (χ0v) is 14.8. The van der Waals surface area contributed by atoms with Crippen molar-refractivity contribution in [3.05, 3.63) is 64.3 Å². The summed E-state index contributed by atoms with van der Waals surface area (Å²) < 4.78 is 40.2. The van der Waals surface area contributed by atoms with Gasteiger partial charge in [-0.1, -0.05) is 12.1 Å². The van der Waals surface area contributed by atoms with Crippen LogP contribution in [0.3, 0.4) is 0 Å². The Morgan fingerprint density at radius 3 is 2.75 bits per heavy atom. The number of hydrogen-bond donors (Lipinski definition) is 2. The average molecular weight is 387 g/mol. The number of aromatic amines is 1. The van der Waals surface area contributed by atoms with E-state index in [1.165, 1.54) is 12.4 Å². The van der Waals surface area contributed by atoms with Gasteiger partial charge in [0.2, 0.25) is 0 Å². The number of imidazole rings is 1. The lowest BCUT2D eigenvalue weighted by molar-refractivity contribution is -0.137. The van der Waals surface area contributed by atoms with Gasteiger partial charge in [0.05, 0.1) is 22.1 Å². The molecule has 0 atom stereocenters. The molecule has 4 aromatic rings.